The number of allylic oxidation sites excluding steroid dienone is 6. The average Bonchev–Trinajstić information content (AvgIpc) is 2.08. The largest absolute Gasteiger partial charge is 0.0882 e. The molecule has 0 unspecified atom stereocenters. The van der Waals surface area contributed by atoms with Gasteiger partial charge in [-0.25, -0.2) is 0 Å². The van der Waals surface area contributed by atoms with Gasteiger partial charge in [0, 0.05) is 0 Å². The van der Waals surface area contributed by atoms with Gasteiger partial charge in [0.2, 0.25) is 0 Å². The molecule has 1 rings (SSSR count). The fourth-order valence-corrected chi connectivity index (χ4v) is 1.03. The molecule has 1 aliphatic carbocycles. The second kappa shape index (κ2) is 5.96. The first-order valence-corrected chi connectivity index (χ1v) is 4.28. The van der Waals surface area contributed by atoms with Gasteiger partial charge in [-0.3, -0.25) is 0 Å². The molecule has 0 bridgehead atoms. The Balaban J connectivity index is 2.34. The minimum Gasteiger partial charge on any atom is -0.0882 e. The van der Waals surface area contributed by atoms with E-state index in [0.717, 1.165) is 12.8 Å². The molecule has 0 spiro atoms. The monoisotopic (exact) mass is 147 g/mol. The average molecular weight is 147 g/mol. The van der Waals surface area contributed by atoms with Crippen molar-refractivity contribution in [2.75, 3.05) is 0 Å². The predicted octanol–water partition coefficient (Wildman–Crippen LogP) is 3.43. The summed E-state index contributed by atoms with van der Waals surface area (Å²) < 4.78 is 0. The van der Waals surface area contributed by atoms with Gasteiger partial charge in [-0.05, 0) is 32.1 Å². The maximum Gasteiger partial charge on any atom is -0.0167 e. The van der Waals surface area contributed by atoms with Gasteiger partial charge >= 0.3 is 0 Å². The molecule has 0 N–H and O–H groups in total. The van der Waals surface area contributed by atoms with Crippen LogP contribution in [-0.2, 0) is 0 Å². The van der Waals surface area contributed by atoms with Gasteiger partial charge in [0.1, 0.15) is 0 Å². The van der Waals surface area contributed by atoms with Crippen molar-refractivity contribution in [1.82, 2.24) is 0 Å². The van der Waals surface area contributed by atoms with Gasteiger partial charge in [-0.1, -0.05) is 36.5 Å². The van der Waals surface area contributed by atoms with Crippen molar-refractivity contribution in [1.29, 1.82) is 0 Å². The second-order valence-corrected chi connectivity index (χ2v) is 2.66. The Kier molecular flexibility index (Phi) is 4.51. The molecule has 59 valence electrons. The van der Waals surface area contributed by atoms with Crippen molar-refractivity contribution < 1.29 is 0 Å². The first kappa shape index (κ1) is 8.32. The molecule has 1 aliphatic rings. The fraction of sp³-hybridized carbons (Fsp3) is 0.364. The summed E-state index contributed by atoms with van der Waals surface area (Å²) in [6.07, 6.45) is 20.0. The van der Waals surface area contributed by atoms with Crippen molar-refractivity contribution in [2.45, 2.75) is 25.7 Å². The van der Waals surface area contributed by atoms with Crippen LogP contribution in [-0.4, -0.2) is 0 Å². The van der Waals surface area contributed by atoms with Gasteiger partial charge in [0.25, 0.3) is 0 Å². The summed E-state index contributed by atoms with van der Waals surface area (Å²) in [6, 6.07) is 0. The molecular weight excluding hydrogens is 132 g/mol. The maximum absolute atomic E-state index is 2.25. The van der Waals surface area contributed by atoms with Crippen LogP contribution in [0.15, 0.2) is 36.5 Å². The third-order valence-corrected chi connectivity index (χ3v) is 1.65. The lowest BCUT2D eigenvalue weighted by atomic mass is 10.2. The highest BCUT2D eigenvalue weighted by molar-refractivity contribution is 5.03. The predicted molar refractivity (Wildman–Crippen MR) is 50.2 cm³/mol. The SMILES string of the molecule is [CH]1/C=C/C/C=C\C/C=C/CC1. The van der Waals surface area contributed by atoms with Crippen LogP contribution in [0.2, 0.25) is 0 Å². The normalized spacial score (nSPS) is 28.4. The highest BCUT2D eigenvalue weighted by Gasteiger charge is 1.82. The van der Waals surface area contributed by atoms with Crippen LogP contribution in [0.5, 0.6) is 0 Å². The molecule has 0 heterocycles. The molecule has 0 saturated carbocycles. The Morgan fingerprint density at radius 1 is 0.636 bits per heavy atom. The smallest absolute Gasteiger partial charge is 0.0167 e. The van der Waals surface area contributed by atoms with Gasteiger partial charge in [-0.15, -0.1) is 0 Å². The molecular formula is C11H15. The summed E-state index contributed by atoms with van der Waals surface area (Å²) in [4.78, 5) is 0. The Morgan fingerprint density at radius 2 is 1.36 bits per heavy atom. The molecule has 0 aromatic heterocycles. The fourth-order valence-electron chi connectivity index (χ4n) is 1.03. The topological polar surface area (TPSA) is 0 Å². The molecule has 0 aromatic rings. The van der Waals surface area contributed by atoms with E-state index < -0.39 is 0 Å². The van der Waals surface area contributed by atoms with Crippen molar-refractivity contribution in [3.63, 3.8) is 0 Å². The molecule has 0 amide bonds. The molecule has 0 aliphatic heterocycles. The van der Waals surface area contributed by atoms with E-state index in [1.165, 1.54) is 12.8 Å². The number of rotatable bonds is 0. The van der Waals surface area contributed by atoms with Gasteiger partial charge in [0.15, 0.2) is 0 Å². The van der Waals surface area contributed by atoms with Crippen LogP contribution in [0.1, 0.15) is 25.7 Å². The third kappa shape index (κ3) is 4.60. The number of hydrogen-bond acceptors (Lipinski definition) is 0. The van der Waals surface area contributed by atoms with Crippen molar-refractivity contribution >= 4 is 0 Å². The van der Waals surface area contributed by atoms with E-state index in [9.17, 15) is 0 Å². The Bertz CT molecular complexity index is 143. The molecule has 0 nitrogen and oxygen atoms in total. The van der Waals surface area contributed by atoms with E-state index in [-0.39, 0.29) is 0 Å². The van der Waals surface area contributed by atoms with Crippen molar-refractivity contribution in [3.05, 3.63) is 42.9 Å². The Morgan fingerprint density at radius 3 is 2.27 bits per heavy atom. The molecule has 1 radical (unpaired) electrons. The molecule has 11 heavy (non-hydrogen) atoms. The zero-order valence-electron chi connectivity index (χ0n) is 6.87. The minimum absolute atomic E-state index is 1.07. The molecule has 0 atom stereocenters. The molecule has 0 saturated heterocycles. The molecule has 0 heteroatoms. The van der Waals surface area contributed by atoms with E-state index in [1.54, 1.807) is 0 Å². The lowest BCUT2D eigenvalue weighted by Gasteiger charge is -1.87. The summed E-state index contributed by atoms with van der Waals surface area (Å²) in [7, 11) is 0. The summed E-state index contributed by atoms with van der Waals surface area (Å²) in [5.41, 5.74) is 0. The third-order valence-electron chi connectivity index (χ3n) is 1.65. The van der Waals surface area contributed by atoms with Gasteiger partial charge in [0.05, 0.1) is 0 Å². The van der Waals surface area contributed by atoms with Gasteiger partial charge in [-0.2, -0.15) is 0 Å². The summed E-state index contributed by atoms with van der Waals surface area (Å²) in [6.45, 7) is 0. The van der Waals surface area contributed by atoms with E-state index in [1.807, 2.05) is 0 Å². The Labute approximate surface area is 69.3 Å². The van der Waals surface area contributed by atoms with Crippen LogP contribution in [0.25, 0.3) is 0 Å². The number of hydrogen-bond donors (Lipinski definition) is 0. The van der Waals surface area contributed by atoms with Crippen LogP contribution >= 0.6 is 0 Å². The van der Waals surface area contributed by atoms with E-state index >= 15 is 0 Å². The zero-order valence-corrected chi connectivity index (χ0v) is 6.87. The van der Waals surface area contributed by atoms with Crippen LogP contribution in [0, 0.1) is 6.42 Å². The Hall–Kier alpha value is -0.780. The quantitative estimate of drug-likeness (QED) is 0.460. The highest BCUT2D eigenvalue weighted by atomic mass is 13.9. The maximum atomic E-state index is 2.25. The molecule has 0 aromatic carbocycles. The van der Waals surface area contributed by atoms with Crippen LogP contribution in [0.3, 0.4) is 0 Å². The lowest BCUT2D eigenvalue weighted by molar-refractivity contribution is 0.998. The van der Waals surface area contributed by atoms with Gasteiger partial charge < -0.3 is 0 Å². The summed E-state index contributed by atoms with van der Waals surface area (Å²) in [5.74, 6) is 0. The van der Waals surface area contributed by atoms with E-state index in [2.05, 4.69) is 42.9 Å². The van der Waals surface area contributed by atoms with Crippen LogP contribution in [0.4, 0.5) is 0 Å². The lowest BCUT2D eigenvalue weighted by Crippen LogP contribution is -1.69. The standard InChI is InChI=1S/C11H15/c1-2-4-6-8-10-11-9-7-5-3-1/h1-3,6,8-9,11H,4-5,7,10H2/b2-1+,8-6-,11-9+. The van der Waals surface area contributed by atoms with E-state index in [0.29, 0.717) is 0 Å². The van der Waals surface area contributed by atoms with E-state index in [4.69, 9.17) is 0 Å². The summed E-state index contributed by atoms with van der Waals surface area (Å²) in [5, 5.41) is 0. The minimum atomic E-state index is 1.07. The van der Waals surface area contributed by atoms with Crippen LogP contribution < -0.4 is 0 Å². The molecule has 0 fully saturated rings. The van der Waals surface area contributed by atoms with Crippen molar-refractivity contribution in [2.24, 2.45) is 0 Å². The highest BCUT2D eigenvalue weighted by Crippen LogP contribution is 2.01. The first-order valence-electron chi connectivity index (χ1n) is 4.28. The zero-order chi connectivity index (χ0) is 7.78. The second-order valence-electron chi connectivity index (χ2n) is 2.66. The summed E-state index contributed by atoms with van der Waals surface area (Å²) >= 11 is 0. The first-order chi connectivity index (χ1) is 5.50. The van der Waals surface area contributed by atoms with Crippen molar-refractivity contribution in [3.8, 4) is 0 Å².